The van der Waals surface area contributed by atoms with Crippen LogP contribution in [0.25, 0.3) is 0 Å². The van der Waals surface area contributed by atoms with E-state index in [4.69, 9.17) is 5.73 Å². The van der Waals surface area contributed by atoms with Crippen LogP contribution in [-0.2, 0) is 4.79 Å². The smallest absolute Gasteiger partial charge is 0.221 e. The first kappa shape index (κ1) is 12.5. The molecule has 0 fully saturated rings. The van der Waals surface area contributed by atoms with Gasteiger partial charge in [0.25, 0.3) is 0 Å². The summed E-state index contributed by atoms with van der Waals surface area (Å²) in [5.41, 5.74) is 7.81. The molecule has 0 saturated heterocycles. The molecule has 1 amide bonds. The highest BCUT2D eigenvalue weighted by Crippen LogP contribution is 2.10. The number of nitrogens with two attached hydrogens (primary N) is 1. The molecule has 1 aromatic rings. The largest absolute Gasteiger partial charge is 0.381 e. The monoisotopic (exact) mass is 221 g/mol. The molecule has 0 radical (unpaired) electrons. The molecule has 0 aromatic heterocycles. The second-order valence-corrected chi connectivity index (χ2v) is 3.82. The fourth-order valence-electron chi connectivity index (χ4n) is 1.40. The summed E-state index contributed by atoms with van der Waals surface area (Å²) in [5, 5.41) is 5.83. The second-order valence-electron chi connectivity index (χ2n) is 3.82. The van der Waals surface area contributed by atoms with Crippen molar-refractivity contribution in [3.8, 4) is 0 Å². The van der Waals surface area contributed by atoms with Gasteiger partial charge in [-0.2, -0.15) is 0 Å². The number of benzene rings is 1. The van der Waals surface area contributed by atoms with Gasteiger partial charge in [-0.1, -0.05) is 17.7 Å². The van der Waals surface area contributed by atoms with Gasteiger partial charge in [0.15, 0.2) is 0 Å². The average molecular weight is 221 g/mol. The lowest BCUT2D eigenvalue weighted by molar-refractivity contribution is -0.120. The minimum absolute atomic E-state index is 0.00457. The predicted octanol–water partition coefficient (Wildman–Crippen LogP) is 0.870. The van der Waals surface area contributed by atoms with Crippen LogP contribution in [0.1, 0.15) is 12.0 Å². The zero-order chi connectivity index (χ0) is 12.0. The molecule has 0 aliphatic heterocycles. The van der Waals surface area contributed by atoms with Crippen LogP contribution in [0.2, 0.25) is 0 Å². The third-order valence-corrected chi connectivity index (χ3v) is 2.42. The molecule has 4 heteroatoms. The summed E-state index contributed by atoms with van der Waals surface area (Å²) in [5.74, 6) is -0.00457. The number of carbonyl (C=O) groups excluding carboxylic acids is 1. The molecular formula is C12H19N3O. The Balaban J connectivity index is 2.56. The number of hydrogen-bond donors (Lipinski definition) is 3. The molecule has 0 bridgehead atoms. The maximum Gasteiger partial charge on any atom is 0.221 e. The normalized spacial score (nSPS) is 11.9. The van der Waals surface area contributed by atoms with Crippen molar-refractivity contribution in [2.45, 2.75) is 19.4 Å². The first-order valence-electron chi connectivity index (χ1n) is 5.39. The molecule has 0 aliphatic rings. The van der Waals surface area contributed by atoms with Crippen LogP contribution in [0, 0.1) is 6.92 Å². The van der Waals surface area contributed by atoms with Gasteiger partial charge in [0.1, 0.15) is 0 Å². The molecule has 1 rings (SSSR count). The summed E-state index contributed by atoms with van der Waals surface area (Å²) in [6.07, 6.45) is 0.390. The van der Waals surface area contributed by atoms with Crippen molar-refractivity contribution < 1.29 is 4.79 Å². The van der Waals surface area contributed by atoms with Crippen LogP contribution in [0.4, 0.5) is 5.69 Å². The average Bonchev–Trinajstić information content (AvgIpc) is 2.30. The Morgan fingerprint density at radius 1 is 1.38 bits per heavy atom. The summed E-state index contributed by atoms with van der Waals surface area (Å²) < 4.78 is 0. The topological polar surface area (TPSA) is 67.2 Å². The van der Waals surface area contributed by atoms with Crippen molar-refractivity contribution in [1.82, 2.24) is 5.32 Å². The molecule has 1 unspecified atom stereocenters. The molecule has 88 valence electrons. The lowest BCUT2D eigenvalue weighted by Crippen LogP contribution is -2.34. The summed E-state index contributed by atoms with van der Waals surface area (Å²) in [7, 11) is 1.63. The lowest BCUT2D eigenvalue weighted by atomic mass is 10.1. The van der Waals surface area contributed by atoms with E-state index < -0.39 is 0 Å². The lowest BCUT2D eigenvalue weighted by Gasteiger charge is -2.17. The van der Waals surface area contributed by atoms with Gasteiger partial charge in [0, 0.05) is 31.7 Å². The summed E-state index contributed by atoms with van der Waals surface area (Å²) in [4.78, 5) is 11.2. The highest BCUT2D eigenvalue weighted by atomic mass is 16.1. The van der Waals surface area contributed by atoms with E-state index in [1.807, 2.05) is 31.2 Å². The molecule has 0 heterocycles. The van der Waals surface area contributed by atoms with Crippen molar-refractivity contribution in [3.05, 3.63) is 29.8 Å². The van der Waals surface area contributed by atoms with Crippen molar-refractivity contribution in [1.29, 1.82) is 0 Å². The van der Waals surface area contributed by atoms with Crippen molar-refractivity contribution in [3.63, 3.8) is 0 Å². The van der Waals surface area contributed by atoms with Gasteiger partial charge < -0.3 is 16.4 Å². The van der Waals surface area contributed by atoms with Crippen molar-refractivity contribution in [2.75, 3.05) is 18.9 Å². The van der Waals surface area contributed by atoms with E-state index in [1.165, 1.54) is 5.56 Å². The number of nitrogens with one attached hydrogen (secondary N) is 2. The van der Waals surface area contributed by atoms with E-state index in [-0.39, 0.29) is 11.9 Å². The van der Waals surface area contributed by atoms with E-state index in [9.17, 15) is 4.79 Å². The maximum atomic E-state index is 11.2. The highest BCUT2D eigenvalue weighted by Gasteiger charge is 2.10. The van der Waals surface area contributed by atoms with E-state index in [2.05, 4.69) is 10.6 Å². The number of aryl methyl sites for hydroxylation is 1. The van der Waals surface area contributed by atoms with Gasteiger partial charge in [-0.05, 0) is 19.1 Å². The first-order valence-corrected chi connectivity index (χ1v) is 5.39. The van der Waals surface area contributed by atoms with Crippen LogP contribution in [0.15, 0.2) is 24.3 Å². The van der Waals surface area contributed by atoms with Crippen molar-refractivity contribution >= 4 is 11.6 Å². The predicted molar refractivity (Wildman–Crippen MR) is 66.3 cm³/mol. The van der Waals surface area contributed by atoms with Crippen LogP contribution < -0.4 is 16.4 Å². The van der Waals surface area contributed by atoms with Crippen LogP contribution in [-0.4, -0.2) is 25.5 Å². The number of amides is 1. The molecule has 4 N–H and O–H groups in total. The van der Waals surface area contributed by atoms with Crippen molar-refractivity contribution in [2.24, 2.45) is 5.73 Å². The van der Waals surface area contributed by atoms with E-state index in [0.29, 0.717) is 13.0 Å². The number of hydrogen-bond acceptors (Lipinski definition) is 3. The molecule has 4 nitrogen and oxygen atoms in total. The minimum atomic E-state index is -0.0253. The molecular weight excluding hydrogens is 202 g/mol. The zero-order valence-electron chi connectivity index (χ0n) is 9.79. The summed E-state index contributed by atoms with van der Waals surface area (Å²) >= 11 is 0. The Labute approximate surface area is 96.2 Å². The molecule has 1 aromatic carbocycles. The Morgan fingerprint density at radius 2 is 2.00 bits per heavy atom. The van der Waals surface area contributed by atoms with Gasteiger partial charge in [-0.3, -0.25) is 4.79 Å². The Morgan fingerprint density at radius 3 is 2.50 bits per heavy atom. The first-order chi connectivity index (χ1) is 7.65. The second kappa shape index (κ2) is 6.12. The molecule has 0 saturated carbocycles. The SMILES string of the molecule is CNC(=O)CC(CN)Nc1ccc(C)cc1. The standard InChI is InChI=1S/C12H19N3O/c1-9-3-5-10(6-4-9)15-11(8-13)7-12(16)14-2/h3-6,11,15H,7-8,13H2,1-2H3,(H,14,16). The van der Waals surface area contributed by atoms with Gasteiger partial charge >= 0.3 is 0 Å². The highest BCUT2D eigenvalue weighted by molar-refractivity contribution is 5.76. The van der Waals surface area contributed by atoms with Crippen LogP contribution in [0.5, 0.6) is 0 Å². The van der Waals surface area contributed by atoms with Gasteiger partial charge in [-0.15, -0.1) is 0 Å². The van der Waals surface area contributed by atoms with Crippen LogP contribution in [0.3, 0.4) is 0 Å². The van der Waals surface area contributed by atoms with Gasteiger partial charge in [-0.25, -0.2) is 0 Å². The number of anilines is 1. The van der Waals surface area contributed by atoms with E-state index in [1.54, 1.807) is 7.05 Å². The molecule has 16 heavy (non-hydrogen) atoms. The molecule has 0 aliphatic carbocycles. The molecule has 1 atom stereocenters. The number of rotatable bonds is 5. The minimum Gasteiger partial charge on any atom is -0.381 e. The molecule has 0 spiro atoms. The summed E-state index contributed by atoms with van der Waals surface area (Å²) in [6, 6.07) is 8.00. The van der Waals surface area contributed by atoms with Crippen LogP contribution >= 0.6 is 0 Å². The van der Waals surface area contributed by atoms with E-state index >= 15 is 0 Å². The third-order valence-electron chi connectivity index (χ3n) is 2.42. The number of carbonyl (C=O) groups is 1. The fraction of sp³-hybridized carbons (Fsp3) is 0.417. The summed E-state index contributed by atoms with van der Waals surface area (Å²) in [6.45, 7) is 2.47. The zero-order valence-corrected chi connectivity index (χ0v) is 9.79. The maximum absolute atomic E-state index is 11.2. The van der Waals surface area contributed by atoms with Gasteiger partial charge in [0.05, 0.1) is 0 Å². The third kappa shape index (κ3) is 3.90. The Hall–Kier alpha value is -1.55. The fourth-order valence-corrected chi connectivity index (χ4v) is 1.40. The Bertz CT molecular complexity index is 335. The van der Waals surface area contributed by atoms with Gasteiger partial charge in [0.2, 0.25) is 5.91 Å². The quantitative estimate of drug-likeness (QED) is 0.691. The Kier molecular flexibility index (Phi) is 4.79. The van der Waals surface area contributed by atoms with E-state index in [0.717, 1.165) is 5.69 Å².